The van der Waals surface area contributed by atoms with Crippen molar-refractivity contribution in [1.29, 1.82) is 0 Å². The average molecular weight is 374 g/mol. The number of carbonyl (C=O) groups excluding carboxylic acids is 1. The van der Waals surface area contributed by atoms with Gasteiger partial charge in [-0.25, -0.2) is 0 Å². The van der Waals surface area contributed by atoms with Gasteiger partial charge in [0.15, 0.2) is 0 Å². The summed E-state index contributed by atoms with van der Waals surface area (Å²) in [6, 6.07) is 14.6. The number of ether oxygens (including phenoxy) is 1. The number of hydrogen-bond donors (Lipinski definition) is 1. The van der Waals surface area contributed by atoms with Crippen molar-refractivity contribution in [3.8, 4) is 17.0 Å². The molecule has 1 aromatic heterocycles. The topological polar surface area (TPSA) is 64.1 Å². The molecule has 3 rings (SSSR count). The zero-order valence-electron chi connectivity index (χ0n) is 13.7. The van der Waals surface area contributed by atoms with Crippen LogP contribution in [0.4, 0.5) is 0 Å². The molecule has 0 unspecified atom stereocenters. The van der Waals surface area contributed by atoms with Crippen LogP contribution in [0, 0.1) is 0 Å². The van der Waals surface area contributed by atoms with E-state index in [4.69, 9.17) is 16.3 Å². The Morgan fingerprint density at radius 1 is 1.24 bits per heavy atom. The number of methoxy groups -OCH3 is 1. The smallest absolute Gasteiger partial charge is 0.265 e. The lowest BCUT2D eigenvalue weighted by Crippen LogP contribution is -2.26. The largest absolute Gasteiger partial charge is 0.497 e. The molecule has 0 aliphatic heterocycles. The van der Waals surface area contributed by atoms with Crippen molar-refractivity contribution in [3.05, 3.63) is 64.0 Å². The van der Waals surface area contributed by atoms with Gasteiger partial charge in [0.25, 0.3) is 5.91 Å². The summed E-state index contributed by atoms with van der Waals surface area (Å²) >= 11 is 6.97. The number of rotatable bonds is 5. The summed E-state index contributed by atoms with van der Waals surface area (Å²) in [5.41, 5.74) is 2.31. The average Bonchev–Trinajstić information content (AvgIpc) is 3.12. The molecule has 1 heterocycles. The minimum atomic E-state index is -0.213. The Balaban J connectivity index is 1.81. The van der Waals surface area contributed by atoms with Crippen LogP contribution in [-0.4, -0.2) is 22.6 Å². The summed E-state index contributed by atoms with van der Waals surface area (Å²) in [6.45, 7) is 1.92. The summed E-state index contributed by atoms with van der Waals surface area (Å²) in [5, 5.41) is 7.74. The molecule has 1 amide bonds. The molecule has 0 spiro atoms. The molecule has 1 N–H and O–H groups in total. The van der Waals surface area contributed by atoms with E-state index in [-0.39, 0.29) is 11.9 Å². The molecule has 0 radical (unpaired) electrons. The van der Waals surface area contributed by atoms with Gasteiger partial charge < -0.3 is 10.1 Å². The third-order valence-corrected chi connectivity index (χ3v) is 4.73. The third kappa shape index (κ3) is 3.97. The van der Waals surface area contributed by atoms with Gasteiger partial charge >= 0.3 is 0 Å². The summed E-state index contributed by atoms with van der Waals surface area (Å²) in [4.78, 5) is 13.1. The Kier molecular flexibility index (Phi) is 5.31. The maximum Gasteiger partial charge on any atom is 0.265 e. The van der Waals surface area contributed by atoms with Crippen molar-refractivity contribution in [3.63, 3.8) is 0 Å². The zero-order chi connectivity index (χ0) is 17.8. The van der Waals surface area contributed by atoms with E-state index in [0.717, 1.165) is 22.7 Å². The minimum Gasteiger partial charge on any atom is -0.497 e. The van der Waals surface area contributed by atoms with Crippen LogP contribution in [0.2, 0.25) is 5.02 Å². The molecule has 0 aliphatic rings. The van der Waals surface area contributed by atoms with Crippen LogP contribution < -0.4 is 10.1 Å². The van der Waals surface area contributed by atoms with E-state index >= 15 is 0 Å². The first-order valence-corrected chi connectivity index (χ1v) is 8.76. The normalized spacial score (nSPS) is 11.8. The highest BCUT2D eigenvalue weighted by Crippen LogP contribution is 2.27. The van der Waals surface area contributed by atoms with Gasteiger partial charge in [0, 0.05) is 10.6 Å². The Morgan fingerprint density at radius 2 is 2.00 bits per heavy atom. The molecule has 0 saturated carbocycles. The molecule has 5 nitrogen and oxygen atoms in total. The first kappa shape index (κ1) is 17.4. The third-order valence-electron chi connectivity index (χ3n) is 3.76. The van der Waals surface area contributed by atoms with Gasteiger partial charge in [-0.05, 0) is 48.3 Å². The predicted molar refractivity (Wildman–Crippen MR) is 99.2 cm³/mol. The van der Waals surface area contributed by atoms with Crippen LogP contribution in [0.1, 0.15) is 28.2 Å². The molecular formula is C18H16ClN3O2S. The Hall–Kier alpha value is -2.44. The molecule has 0 aliphatic carbocycles. The molecular weight excluding hydrogens is 358 g/mol. The number of halogens is 1. The minimum absolute atomic E-state index is 0.162. The quantitative estimate of drug-likeness (QED) is 0.721. The SMILES string of the molecule is COc1cccc(-c2nnsc2C(=O)N[C@@H](C)c2ccc(Cl)cc2)c1. The van der Waals surface area contributed by atoms with E-state index in [0.29, 0.717) is 21.3 Å². The molecule has 0 fully saturated rings. The van der Waals surface area contributed by atoms with E-state index in [1.165, 1.54) is 0 Å². The number of nitrogens with zero attached hydrogens (tertiary/aromatic N) is 2. The van der Waals surface area contributed by atoms with Gasteiger partial charge in [-0.3, -0.25) is 4.79 Å². The first-order valence-electron chi connectivity index (χ1n) is 7.61. The Morgan fingerprint density at radius 3 is 2.72 bits per heavy atom. The van der Waals surface area contributed by atoms with Crippen LogP contribution >= 0.6 is 23.1 Å². The van der Waals surface area contributed by atoms with Gasteiger partial charge in [0.1, 0.15) is 16.3 Å². The number of aromatic nitrogens is 2. The number of hydrogen-bond acceptors (Lipinski definition) is 5. The van der Waals surface area contributed by atoms with E-state index in [1.807, 2.05) is 43.3 Å². The second-order valence-corrected chi connectivity index (χ2v) is 6.62. The van der Waals surface area contributed by atoms with Gasteiger partial charge in [0.05, 0.1) is 13.2 Å². The predicted octanol–water partition coefficient (Wildman–Crippen LogP) is 4.36. The highest BCUT2D eigenvalue weighted by atomic mass is 35.5. The lowest BCUT2D eigenvalue weighted by molar-refractivity contribution is 0.0944. The van der Waals surface area contributed by atoms with Crippen molar-refractivity contribution < 1.29 is 9.53 Å². The zero-order valence-corrected chi connectivity index (χ0v) is 15.3. The Bertz CT molecular complexity index is 880. The monoisotopic (exact) mass is 373 g/mol. The summed E-state index contributed by atoms with van der Waals surface area (Å²) in [5.74, 6) is 0.488. The van der Waals surface area contributed by atoms with Crippen molar-refractivity contribution in [2.75, 3.05) is 7.11 Å². The number of carbonyl (C=O) groups is 1. The molecule has 0 bridgehead atoms. The first-order chi connectivity index (χ1) is 12.1. The molecule has 2 aromatic carbocycles. The van der Waals surface area contributed by atoms with E-state index in [9.17, 15) is 4.79 Å². The van der Waals surface area contributed by atoms with Crippen LogP contribution in [0.15, 0.2) is 48.5 Å². The number of amides is 1. The highest BCUT2D eigenvalue weighted by Gasteiger charge is 2.20. The molecule has 1 atom stereocenters. The summed E-state index contributed by atoms with van der Waals surface area (Å²) in [7, 11) is 1.60. The lowest BCUT2D eigenvalue weighted by Gasteiger charge is -2.14. The second-order valence-electron chi connectivity index (χ2n) is 5.43. The Labute approximate surface area is 154 Å². The van der Waals surface area contributed by atoms with Gasteiger partial charge in [-0.1, -0.05) is 40.4 Å². The fourth-order valence-electron chi connectivity index (χ4n) is 2.40. The van der Waals surface area contributed by atoms with Crippen LogP contribution in [-0.2, 0) is 0 Å². The summed E-state index contributed by atoms with van der Waals surface area (Å²) < 4.78 is 9.17. The number of benzene rings is 2. The molecule has 7 heteroatoms. The van der Waals surface area contributed by atoms with Crippen molar-refractivity contribution in [2.45, 2.75) is 13.0 Å². The van der Waals surface area contributed by atoms with Crippen molar-refractivity contribution in [2.24, 2.45) is 0 Å². The summed E-state index contributed by atoms with van der Waals surface area (Å²) in [6.07, 6.45) is 0. The lowest BCUT2D eigenvalue weighted by atomic mass is 10.1. The molecule has 3 aromatic rings. The van der Waals surface area contributed by atoms with E-state index < -0.39 is 0 Å². The maximum atomic E-state index is 12.7. The van der Waals surface area contributed by atoms with Crippen molar-refractivity contribution >= 4 is 29.0 Å². The van der Waals surface area contributed by atoms with E-state index in [1.54, 1.807) is 19.2 Å². The van der Waals surface area contributed by atoms with Crippen LogP contribution in [0.25, 0.3) is 11.3 Å². The fraction of sp³-hybridized carbons (Fsp3) is 0.167. The maximum absolute atomic E-state index is 12.7. The van der Waals surface area contributed by atoms with Crippen LogP contribution in [0.3, 0.4) is 0 Å². The second kappa shape index (κ2) is 7.63. The molecule has 0 saturated heterocycles. The van der Waals surface area contributed by atoms with E-state index in [2.05, 4.69) is 14.9 Å². The molecule has 128 valence electrons. The van der Waals surface area contributed by atoms with Gasteiger partial charge in [0.2, 0.25) is 0 Å². The standard InChI is InChI=1S/C18H16ClN3O2S/c1-11(12-6-8-14(19)9-7-12)20-18(23)17-16(21-22-25-17)13-4-3-5-15(10-13)24-2/h3-11H,1-2H3,(H,20,23)/t11-/m0/s1. The number of nitrogens with one attached hydrogen (secondary N) is 1. The van der Waals surface area contributed by atoms with Gasteiger partial charge in [-0.15, -0.1) is 5.10 Å². The van der Waals surface area contributed by atoms with Crippen molar-refractivity contribution in [1.82, 2.24) is 14.9 Å². The van der Waals surface area contributed by atoms with Crippen LogP contribution in [0.5, 0.6) is 5.75 Å². The highest BCUT2D eigenvalue weighted by molar-refractivity contribution is 7.08. The fourth-order valence-corrected chi connectivity index (χ4v) is 3.11. The van der Waals surface area contributed by atoms with Gasteiger partial charge in [-0.2, -0.15) is 0 Å². The molecule has 25 heavy (non-hydrogen) atoms.